The van der Waals surface area contributed by atoms with Crippen molar-refractivity contribution < 1.29 is 9.53 Å². The summed E-state index contributed by atoms with van der Waals surface area (Å²) >= 11 is 0. The summed E-state index contributed by atoms with van der Waals surface area (Å²) in [6.45, 7) is 3.44. The van der Waals surface area contributed by atoms with Crippen molar-refractivity contribution in [3.05, 3.63) is 19.8 Å². The molecule has 0 saturated heterocycles. The molecule has 0 bridgehead atoms. The first-order valence-corrected chi connectivity index (χ1v) is 2.37. The van der Waals surface area contributed by atoms with Crippen molar-refractivity contribution >= 4 is 5.97 Å². The van der Waals surface area contributed by atoms with E-state index in [0.29, 0.717) is 12.8 Å². The molecule has 0 N–H and O–H groups in total. The van der Waals surface area contributed by atoms with E-state index in [0.717, 1.165) is 0 Å². The number of esters is 1. The Bertz CT molecular complexity index is 86.5. The molecule has 0 aromatic heterocycles. The molecule has 0 atom stereocenters. The van der Waals surface area contributed by atoms with Gasteiger partial charge in [0, 0.05) is 6.42 Å². The smallest absolute Gasteiger partial charge is 0.306 e. The summed E-state index contributed by atoms with van der Waals surface area (Å²) in [6, 6.07) is 0. The zero-order valence-corrected chi connectivity index (χ0v) is 4.72. The van der Waals surface area contributed by atoms with Crippen molar-refractivity contribution in [3.63, 3.8) is 0 Å². The van der Waals surface area contributed by atoms with Gasteiger partial charge in [-0.2, -0.15) is 0 Å². The van der Waals surface area contributed by atoms with Crippen LogP contribution >= 0.6 is 0 Å². The molecule has 2 heteroatoms. The predicted molar refractivity (Wildman–Crippen MR) is 30.9 cm³/mol. The van der Waals surface area contributed by atoms with Crippen LogP contribution in [-0.4, -0.2) is 5.97 Å². The van der Waals surface area contributed by atoms with Crippen LogP contribution in [0.25, 0.3) is 0 Å². The fraction of sp³-hybridized carbons (Fsp3) is 0.333. The molecule has 8 heavy (non-hydrogen) atoms. The van der Waals surface area contributed by atoms with Crippen LogP contribution in [0.2, 0.25) is 0 Å². The van der Waals surface area contributed by atoms with Gasteiger partial charge in [-0.3, -0.25) is 4.79 Å². The molecule has 0 aromatic carbocycles. The van der Waals surface area contributed by atoms with Crippen molar-refractivity contribution in [1.82, 2.24) is 0 Å². The number of hydrogen-bond donors (Lipinski definition) is 0. The van der Waals surface area contributed by atoms with Gasteiger partial charge in [-0.25, -0.2) is 0 Å². The number of rotatable bonds is 3. The molecule has 0 spiro atoms. The average Bonchev–Trinajstić information content (AvgIpc) is 1.83. The maximum atomic E-state index is 10.2. The Morgan fingerprint density at radius 1 is 1.75 bits per heavy atom. The van der Waals surface area contributed by atoms with E-state index in [1.807, 2.05) is 0 Å². The fourth-order valence-electron chi connectivity index (χ4n) is 0.292. The van der Waals surface area contributed by atoms with Crippen molar-refractivity contribution in [2.45, 2.75) is 12.8 Å². The molecular formula is C6H9O2. The fourth-order valence-corrected chi connectivity index (χ4v) is 0.292. The topological polar surface area (TPSA) is 26.3 Å². The molecule has 0 saturated carbocycles. The summed E-state index contributed by atoms with van der Waals surface area (Å²) in [6.07, 6.45) is 2.71. The van der Waals surface area contributed by atoms with Gasteiger partial charge in [0.1, 0.15) is 7.11 Å². The molecule has 0 unspecified atom stereocenters. The monoisotopic (exact) mass is 113 g/mol. The summed E-state index contributed by atoms with van der Waals surface area (Å²) < 4.78 is 4.12. The van der Waals surface area contributed by atoms with E-state index in [4.69, 9.17) is 0 Å². The van der Waals surface area contributed by atoms with Crippen LogP contribution in [0.4, 0.5) is 0 Å². The molecule has 0 aliphatic rings. The molecule has 2 nitrogen and oxygen atoms in total. The van der Waals surface area contributed by atoms with Gasteiger partial charge in [-0.15, -0.1) is 6.58 Å². The summed E-state index contributed by atoms with van der Waals surface area (Å²) in [5.41, 5.74) is 0. The lowest BCUT2D eigenvalue weighted by molar-refractivity contribution is -0.138. The van der Waals surface area contributed by atoms with E-state index in [1.165, 1.54) is 0 Å². The highest BCUT2D eigenvalue weighted by Gasteiger charge is 1.94. The van der Waals surface area contributed by atoms with Crippen molar-refractivity contribution in [3.8, 4) is 0 Å². The maximum absolute atomic E-state index is 10.2. The Balaban J connectivity index is 3.11. The van der Waals surface area contributed by atoms with Gasteiger partial charge in [0.2, 0.25) is 0 Å². The Labute approximate surface area is 49.1 Å². The molecule has 0 heterocycles. The van der Waals surface area contributed by atoms with E-state index in [-0.39, 0.29) is 5.97 Å². The van der Waals surface area contributed by atoms with E-state index in [2.05, 4.69) is 18.4 Å². The van der Waals surface area contributed by atoms with Crippen molar-refractivity contribution in [2.24, 2.45) is 0 Å². The Kier molecular flexibility index (Phi) is 3.94. The minimum absolute atomic E-state index is 0.287. The minimum atomic E-state index is -0.287. The standard InChI is InChI=1S/C6H9O2/c1-3-4-5-6(7)8-2/h3H,1-2,4-5H2. The molecule has 1 radical (unpaired) electrons. The summed E-state index contributed by atoms with van der Waals surface area (Å²) in [4.78, 5) is 10.2. The third kappa shape index (κ3) is 3.40. The summed E-state index contributed by atoms with van der Waals surface area (Å²) in [7, 11) is 2.95. The van der Waals surface area contributed by atoms with Crippen LogP contribution in [0.5, 0.6) is 0 Å². The average molecular weight is 113 g/mol. The lowest BCUT2D eigenvalue weighted by Gasteiger charge is -1.91. The molecule has 45 valence electrons. The lowest BCUT2D eigenvalue weighted by atomic mass is 10.3. The SMILES string of the molecule is [CH2]OC(=O)CCC=C. The zero-order valence-electron chi connectivity index (χ0n) is 4.72. The first-order chi connectivity index (χ1) is 3.81. The Morgan fingerprint density at radius 3 is 2.75 bits per heavy atom. The maximum Gasteiger partial charge on any atom is 0.306 e. The molecule has 0 aliphatic heterocycles. The molecule has 0 fully saturated rings. The highest BCUT2D eigenvalue weighted by molar-refractivity contribution is 5.69. The van der Waals surface area contributed by atoms with Crippen molar-refractivity contribution in [1.29, 1.82) is 0 Å². The van der Waals surface area contributed by atoms with E-state index < -0.39 is 0 Å². The van der Waals surface area contributed by atoms with E-state index >= 15 is 0 Å². The number of hydrogen-bond acceptors (Lipinski definition) is 2. The largest absolute Gasteiger partial charge is 0.462 e. The van der Waals surface area contributed by atoms with Crippen LogP contribution in [0, 0.1) is 7.11 Å². The number of carbonyl (C=O) groups is 1. The molecule has 0 aromatic rings. The van der Waals surface area contributed by atoms with E-state index in [1.54, 1.807) is 6.08 Å². The highest BCUT2D eigenvalue weighted by atomic mass is 16.5. The first kappa shape index (κ1) is 7.21. The molecule has 0 aliphatic carbocycles. The van der Waals surface area contributed by atoms with Gasteiger partial charge in [0.25, 0.3) is 0 Å². The number of ether oxygens (including phenoxy) is 1. The van der Waals surface area contributed by atoms with Crippen LogP contribution in [-0.2, 0) is 9.53 Å². The van der Waals surface area contributed by atoms with Crippen molar-refractivity contribution in [2.75, 3.05) is 0 Å². The van der Waals surface area contributed by atoms with Gasteiger partial charge < -0.3 is 4.74 Å². The zero-order chi connectivity index (χ0) is 6.41. The lowest BCUT2D eigenvalue weighted by Crippen LogP contribution is -1.95. The third-order valence-electron chi connectivity index (χ3n) is 0.714. The van der Waals surface area contributed by atoms with Gasteiger partial charge in [0.05, 0.1) is 0 Å². The van der Waals surface area contributed by atoms with Crippen LogP contribution in [0.3, 0.4) is 0 Å². The van der Waals surface area contributed by atoms with Gasteiger partial charge in [0.15, 0.2) is 0 Å². The normalized spacial score (nSPS) is 8.12. The second kappa shape index (κ2) is 4.37. The number of carbonyl (C=O) groups excluding carboxylic acids is 1. The second-order valence-corrected chi connectivity index (χ2v) is 1.34. The molecular weight excluding hydrogens is 104 g/mol. The van der Waals surface area contributed by atoms with Gasteiger partial charge in [-0.05, 0) is 6.42 Å². The highest BCUT2D eigenvalue weighted by Crippen LogP contribution is 1.90. The minimum Gasteiger partial charge on any atom is -0.462 e. The van der Waals surface area contributed by atoms with Gasteiger partial charge in [-0.1, -0.05) is 6.08 Å². The Morgan fingerprint density at radius 2 is 2.38 bits per heavy atom. The quantitative estimate of drug-likeness (QED) is 0.407. The summed E-state index contributed by atoms with van der Waals surface area (Å²) in [5, 5.41) is 0. The second-order valence-electron chi connectivity index (χ2n) is 1.34. The first-order valence-electron chi connectivity index (χ1n) is 2.37. The third-order valence-corrected chi connectivity index (χ3v) is 0.714. The van der Waals surface area contributed by atoms with Crippen LogP contribution < -0.4 is 0 Å². The number of allylic oxidation sites excluding steroid dienone is 1. The van der Waals surface area contributed by atoms with E-state index in [9.17, 15) is 4.79 Å². The Hall–Kier alpha value is -0.790. The van der Waals surface area contributed by atoms with Gasteiger partial charge >= 0.3 is 5.97 Å². The van der Waals surface area contributed by atoms with Crippen LogP contribution in [0.1, 0.15) is 12.8 Å². The predicted octanol–water partition coefficient (Wildman–Crippen LogP) is 1.29. The summed E-state index contributed by atoms with van der Waals surface area (Å²) in [5.74, 6) is -0.287. The molecule has 0 amide bonds. The molecule has 0 rings (SSSR count). The van der Waals surface area contributed by atoms with Crippen LogP contribution in [0.15, 0.2) is 12.7 Å².